The molecule has 0 bridgehead atoms. The summed E-state index contributed by atoms with van der Waals surface area (Å²) >= 11 is 0. The molecule has 3 aromatic rings. The molecule has 5 atom stereocenters. The molecule has 2 saturated carbocycles. The Balaban J connectivity index is 0.822. The van der Waals surface area contributed by atoms with Crippen molar-refractivity contribution in [1.29, 1.82) is 0 Å². The molecule has 3 aromatic carbocycles. The van der Waals surface area contributed by atoms with Gasteiger partial charge >= 0.3 is 18.3 Å². The summed E-state index contributed by atoms with van der Waals surface area (Å²) in [5.41, 5.74) is 1.93. The predicted molar refractivity (Wildman–Crippen MR) is 297 cm³/mol. The summed E-state index contributed by atoms with van der Waals surface area (Å²) in [6, 6.07) is 10.1. The highest BCUT2D eigenvalue weighted by Crippen LogP contribution is 2.58. The molecule has 4 N–H and O–H groups in total. The van der Waals surface area contributed by atoms with Gasteiger partial charge in [0.05, 0.1) is 62.0 Å². The normalized spacial score (nSPS) is 20.3. The molecule has 6 aliphatic rings. The Hall–Kier alpha value is -8.01. The van der Waals surface area contributed by atoms with Gasteiger partial charge in [-0.05, 0) is 111 Å². The second-order valence-electron chi connectivity index (χ2n) is 22.3. The fourth-order valence-corrected chi connectivity index (χ4v) is 11.3. The van der Waals surface area contributed by atoms with Crippen molar-refractivity contribution in [1.82, 2.24) is 20.4 Å². The molecule has 9 rings (SSSR count). The Morgan fingerprint density at radius 3 is 1.89 bits per heavy atom. The molecular formula is C59H73N7O15. The van der Waals surface area contributed by atoms with Gasteiger partial charge in [0.2, 0.25) is 11.8 Å². The third-order valence-electron chi connectivity index (χ3n) is 16.1. The number of hydrogen-bond acceptors (Lipinski definition) is 15. The Morgan fingerprint density at radius 1 is 0.704 bits per heavy atom. The molecule has 0 aromatic heterocycles. The average Bonchev–Trinajstić information content (AvgIpc) is 4.45. The summed E-state index contributed by atoms with van der Waals surface area (Å²) in [7, 11) is 2.96. The molecule has 4 heterocycles. The number of carbonyl (C=O) groups is 7. The maximum atomic E-state index is 14.4. The van der Waals surface area contributed by atoms with E-state index in [1.54, 1.807) is 55.1 Å². The van der Waals surface area contributed by atoms with Gasteiger partial charge in [-0.25, -0.2) is 19.3 Å². The van der Waals surface area contributed by atoms with Gasteiger partial charge in [-0.2, -0.15) is 0 Å². The maximum Gasteiger partial charge on any atom is 0.416 e. The smallest absolute Gasteiger partial charge is 0.416 e. The van der Waals surface area contributed by atoms with Crippen LogP contribution in [0.1, 0.15) is 105 Å². The highest BCUT2D eigenvalue weighted by molar-refractivity contribution is 6.07. The van der Waals surface area contributed by atoms with Crippen LogP contribution >= 0.6 is 0 Å². The van der Waals surface area contributed by atoms with Gasteiger partial charge in [0.25, 0.3) is 11.8 Å². The lowest BCUT2D eigenvalue weighted by molar-refractivity contribution is -0.128. The molecule has 2 saturated heterocycles. The standard InChI is InChI=1S/C59H73N7O15/c1-8-21-79-55(72)62-49(35(3)4)51(68)60-36(5)50(67)61-38-15-13-37(14-16-38)32-81-57(74)66-43-28-48(46(76-7)26-41(43)53(70)65-34-59(19-20-59)30-44(65)54(66)71)78-24-12-10-11-23-77-47-27-42-40(25-45(47)75-6)52(69)64-33-58(17-18-58)29-39(64)31-63(42)56(73)80-22-9-2/h8-9,13-16,25-28,35-36,39,44,49,54,71H,1-2,10-12,17-24,29-34H2,3-7H3,(H,60,68)(H,61,67)(H,62,72)/t36?,39-,44-,49?,54?/m0/s1. The zero-order chi connectivity index (χ0) is 57.8. The zero-order valence-electron chi connectivity index (χ0n) is 46.6. The van der Waals surface area contributed by atoms with E-state index in [0.717, 1.165) is 37.0 Å². The number of nitrogens with zero attached hydrogens (tertiary/aromatic N) is 4. The van der Waals surface area contributed by atoms with Gasteiger partial charge in [-0.3, -0.25) is 24.1 Å². The van der Waals surface area contributed by atoms with Crippen LogP contribution in [0.15, 0.2) is 73.8 Å². The van der Waals surface area contributed by atoms with Crippen molar-refractivity contribution in [2.24, 2.45) is 16.7 Å². The first kappa shape index (κ1) is 57.7. The topological polar surface area (TPSA) is 253 Å². The quantitative estimate of drug-likeness (QED) is 0.0437. The fourth-order valence-electron chi connectivity index (χ4n) is 11.3. The summed E-state index contributed by atoms with van der Waals surface area (Å²) in [4.78, 5) is 101. The minimum atomic E-state index is -1.46. The molecule has 2 aliphatic carbocycles. The van der Waals surface area contributed by atoms with Crippen molar-refractivity contribution >= 4 is 59.0 Å². The first-order valence-corrected chi connectivity index (χ1v) is 27.7. The molecule has 22 heteroatoms. The number of fused-ring (bicyclic) bond motifs is 4. The van der Waals surface area contributed by atoms with Crippen molar-refractivity contribution in [3.63, 3.8) is 0 Å². The second-order valence-corrected chi connectivity index (χ2v) is 22.3. The summed E-state index contributed by atoms with van der Waals surface area (Å²) in [5.74, 6) is -0.673. The van der Waals surface area contributed by atoms with Crippen LogP contribution in [0, 0.1) is 16.7 Å². The average molecular weight is 1120 g/mol. The number of amides is 7. The van der Waals surface area contributed by atoms with Gasteiger partial charge in [0.15, 0.2) is 29.2 Å². The molecule has 0 radical (unpaired) electrons. The number of aliphatic hydroxyl groups is 1. The van der Waals surface area contributed by atoms with Crippen LogP contribution in [-0.2, 0) is 30.4 Å². The van der Waals surface area contributed by atoms with Gasteiger partial charge < -0.3 is 64.0 Å². The van der Waals surface area contributed by atoms with Gasteiger partial charge in [-0.1, -0.05) is 51.3 Å². The van der Waals surface area contributed by atoms with Crippen LogP contribution in [0.3, 0.4) is 0 Å². The van der Waals surface area contributed by atoms with E-state index >= 15 is 0 Å². The third-order valence-corrected chi connectivity index (χ3v) is 16.1. The van der Waals surface area contributed by atoms with Crippen LogP contribution in [0.4, 0.5) is 31.4 Å². The first-order valence-electron chi connectivity index (χ1n) is 27.7. The molecule has 81 heavy (non-hydrogen) atoms. The minimum absolute atomic E-state index is 0.0204. The number of unbranched alkanes of at least 4 members (excludes halogenated alkanes) is 2. The van der Waals surface area contributed by atoms with Crippen molar-refractivity contribution < 1.29 is 71.8 Å². The van der Waals surface area contributed by atoms with Crippen LogP contribution in [0.2, 0.25) is 0 Å². The molecule has 2 spiro atoms. The fraction of sp³-hybridized carbons (Fsp3) is 0.508. The SMILES string of the molecule is C=CCOC(=O)NC(C(=O)NC(C)C(=O)Nc1ccc(COC(=O)N2c3cc(OCCCCCOc4cc5c(cc4OC)C(=O)N4CC6(CC6)C[C@H]4CN5C(=O)OCC=C)c(OC)cc3C(=O)N3CC4(CC4)C[C@H]3C2O)cc1)C(C)C. The van der Waals surface area contributed by atoms with E-state index in [1.807, 2.05) is 4.90 Å². The number of benzene rings is 3. The molecule has 4 fully saturated rings. The number of carbonyl (C=O) groups excluding carboxylic acids is 7. The third kappa shape index (κ3) is 12.6. The molecule has 3 unspecified atom stereocenters. The summed E-state index contributed by atoms with van der Waals surface area (Å²) in [6.45, 7) is 13.8. The van der Waals surface area contributed by atoms with Crippen LogP contribution < -0.4 is 44.7 Å². The van der Waals surface area contributed by atoms with E-state index in [0.29, 0.717) is 79.3 Å². The van der Waals surface area contributed by atoms with Crippen LogP contribution in [0.5, 0.6) is 23.0 Å². The highest BCUT2D eigenvalue weighted by Gasteiger charge is 2.58. The number of alkyl carbamates (subject to hydrolysis) is 1. The number of ether oxygens (including phenoxy) is 7. The molecule has 4 aliphatic heterocycles. The van der Waals surface area contributed by atoms with E-state index in [2.05, 4.69) is 29.1 Å². The Morgan fingerprint density at radius 2 is 1.28 bits per heavy atom. The number of anilines is 3. The van der Waals surface area contributed by atoms with Crippen molar-refractivity contribution in [2.75, 3.05) is 75.4 Å². The molecule has 22 nitrogen and oxygen atoms in total. The van der Waals surface area contributed by atoms with E-state index in [9.17, 15) is 38.7 Å². The van der Waals surface area contributed by atoms with Crippen molar-refractivity contribution in [3.8, 4) is 23.0 Å². The van der Waals surface area contributed by atoms with Crippen molar-refractivity contribution in [3.05, 3.63) is 90.5 Å². The Bertz CT molecular complexity index is 2920. The summed E-state index contributed by atoms with van der Waals surface area (Å²) in [6.07, 6.45) is 6.28. The predicted octanol–water partition coefficient (Wildman–Crippen LogP) is 7.32. The largest absolute Gasteiger partial charge is 0.493 e. The number of methoxy groups -OCH3 is 2. The van der Waals surface area contributed by atoms with Gasteiger partial charge in [-0.15, -0.1) is 0 Å². The maximum absolute atomic E-state index is 14.4. The molecule has 7 amide bonds. The summed E-state index contributed by atoms with van der Waals surface area (Å²) < 4.78 is 40.3. The van der Waals surface area contributed by atoms with E-state index in [1.165, 1.54) is 50.3 Å². The minimum Gasteiger partial charge on any atom is -0.493 e. The number of nitrogens with one attached hydrogen (secondary N) is 3. The lowest BCUT2D eigenvalue weighted by Crippen LogP contribution is -2.53. The van der Waals surface area contributed by atoms with E-state index < -0.39 is 54.4 Å². The van der Waals surface area contributed by atoms with Gasteiger partial charge in [0, 0.05) is 37.5 Å². The Labute approximate surface area is 471 Å². The van der Waals surface area contributed by atoms with Crippen LogP contribution in [-0.4, -0.2) is 147 Å². The monoisotopic (exact) mass is 1120 g/mol. The lowest BCUT2D eigenvalue weighted by Gasteiger charge is -2.31. The number of rotatable bonds is 22. The van der Waals surface area contributed by atoms with Crippen LogP contribution in [0.25, 0.3) is 0 Å². The van der Waals surface area contributed by atoms with E-state index in [4.69, 9.17) is 33.2 Å². The second kappa shape index (κ2) is 24.4. The Kier molecular flexibility index (Phi) is 17.4. The first-order chi connectivity index (χ1) is 38.9. The van der Waals surface area contributed by atoms with Crippen molar-refractivity contribution in [2.45, 2.75) is 116 Å². The van der Waals surface area contributed by atoms with E-state index in [-0.39, 0.29) is 90.4 Å². The summed E-state index contributed by atoms with van der Waals surface area (Å²) in [5, 5.41) is 20.0. The highest BCUT2D eigenvalue weighted by atomic mass is 16.6. The molecule has 434 valence electrons. The lowest BCUT2D eigenvalue weighted by atomic mass is 10.0. The molecular weight excluding hydrogens is 1050 g/mol. The van der Waals surface area contributed by atoms with Gasteiger partial charge in [0.1, 0.15) is 31.9 Å². The number of hydrogen-bond donors (Lipinski definition) is 4. The number of aliphatic hydroxyl groups excluding tert-OH is 1. The zero-order valence-corrected chi connectivity index (χ0v) is 46.6.